The van der Waals surface area contributed by atoms with Gasteiger partial charge in [-0.25, -0.2) is 0 Å². The molecule has 1 aromatic carbocycles. The van der Waals surface area contributed by atoms with Crippen molar-refractivity contribution in [3.63, 3.8) is 0 Å². The minimum Gasteiger partial charge on any atom is -0.310 e. The maximum Gasteiger partial charge on any atom is 0.0433 e. The van der Waals surface area contributed by atoms with E-state index >= 15 is 0 Å². The third kappa shape index (κ3) is 2.21. The van der Waals surface area contributed by atoms with E-state index in [1.807, 2.05) is 0 Å². The predicted molar refractivity (Wildman–Crippen MR) is 63.8 cm³/mol. The van der Waals surface area contributed by atoms with E-state index in [1.54, 1.807) is 0 Å². The van der Waals surface area contributed by atoms with Crippen molar-refractivity contribution in [3.8, 4) is 0 Å². The fraction of sp³-hybridized carbons (Fsp3) is 0.538. The van der Waals surface area contributed by atoms with Gasteiger partial charge in [-0.2, -0.15) is 0 Å². The van der Waals surface area contributed by atoms with Gasteiger partial charge in [-0.1, -0.05) is 24.3 Å². The first-order valence-electron chi connectivity index (χ1n) is 5.59. The van der Waals surface area contributed by atoms with E-state index in [1.165, 1.54) is 24.0 Å². The average Bonchev–Trinajstić information content (AvgIpc) is 2.97. The van der Waals surface area contributed by atoms with E-state index in [4.69, 9.17) is 0 Å². The molecule has 0 spiro atoms. The van der Waals surface area contributed by atoms with Gasteiger partial charge in [0.15, 0.2) is 0 Å². The van der Waals surface area contributed by atoms with Gasteiger partial charge in [0.05, 0.1) is 0 Å². The third-order valence-electron chi connectivity index (χ3n) is 3.21. The Morgan fingerprint density at radius 1 is 1.33 bits per heavy atom. The molecule has 2 heteroatoms. The predicted octanol–water partition coefficient (Wildman–Crippen LogP) is 1.96. The summed E-state index contributed by atoms with van der Waals surface area (Å²) in [4.78, 5) is 2.21. The molecule has 0 amide bonds. The molecule has 1 aliphatic carbocycles. The quantitative estimate of drug-likeness (QED) is 0.806. The number of nitrogens with zero attached hydrogens (tertiary/aromatic N) is 1. The van der Waals surface area contributed by atoms with Gasteiger partial charge in [-0.3, -0.25) is 0 Å². The van der Waals surface area contributed by atoms with Crippen LogP contribution in [0.2, 0.25) is 0 Å². The Labute approximate surface area is 92.3 Å². The highest BCUT2D eigenvalue weighted by Gasteiger charge is 2.42. The highest BCUT2D eigenvalue weighted by Crippen LogP contribution is 2.45. The Bertz CT molecular complexity index is 340. The lowest BCUT2D eigenvalue weighted by atomic mass is 10.0. The molecule has 1 aliphatic rings. The molecule has 0 heterocycles. The minimum atomic E-state index is 0.294. The van der Waals surface area contributed by atoms with Crippen LogP contribution < -0.4 is 5.32 Å². The molecule has 0 bridgehead atoms. The van der Waals surface area contributed by atoms with Gasteiger partial charge in [-0.05, 0) is 45.1 Å². The molecule has 1 saturated carbocycles. The Morgan fingerprint density at radius 2 is 2.07 bits per heavy atom. The Morgan fingerprint density at radius 3 is 2.60 bits per heavy atom. The van der Waals surface area contributed by atoms with Crippen LogP contribution in [0.15, 0.2) is 24.3 Å². The summed E-state index contributed by atoms with van der Waals surface area (Å²) in [5.41, 5.74) is 3.14. The molecule has 0 aliphatic heterocycles. The highest BCUT2D eigenvalue weighted by atomic mass is 15.0. The summed E-state index contributed by atoms with van der Waals surface area (Å²) in [5, 5.41) is 3.44. The standard InChI is InChI=1S/C13H20N2/c1-14-13(7-8-13)12-6-4-5-11(9-12)10-15(2)3/h4-6,9,14H,7-8,10H2,1-3H3. The number of nitrogens with one attached hydrogen (secondary N) is 1. The largest absolute Gasteiger partial charge is 0.310 e. The molecule has 0 atom stereocenters. The number of hydrogen-bond acceptors (Lipinski definition) is 2. The smallest absolute Gasteiger partial charge is 0.0433 e. The van der Waals surface area contributed by atoms with Gasteiger partial charge in [0.2, 0.25) is 0 Å². The van der Waals surface area contributed by atoms with Crippen LogP contribution in [-0.4, -0.2) is 26.0 Å². The van der Waals surface area contributed by atoms with Crippen molar-refractivity contribution in [1.82, 2.24) is 10.2 Å². The van der Waals surface area contributed by atoms with E-state index in [0.717, 1.165) is 6.54 Å². The van der Waals surface area contributed by atoms with Crippen molar-refractivity contribution >= 4 is 0 Å². The van der Waals surface area contributed by atoms with Gasteiger partial charge < -0.3 is 10.2 Å². The normalized spacial score (nSPS) is 18.1. The van der Waals surface area contributed by atoms with Crippen molar-refractivity contribution in [2.75, 3.05) is 21.1 Å². The molecule has 2 rings (SSSR count). The lowest BCUT2D eigenvalue weighted by Gasteiger charge is -2.17. The van der Waals surface area contributed by atoms with Crippen molar-refractivity contribution in [2.24, 2.45) is 0 Å². The lowest BCUT2D eigenvalue weighted by Crippen LogP contribution is -2.24. The van der Waals surface area contributed by atoms with E-state index in [2.05, 4.69) is 55.6 Å². The number of rotatable bonds is 4. The van der Waals surface area contributed by atoms with Crippen LogP contribution in [0.3, 0.4) is 0 Å². The Hall–Kier alpha value is -0.860. The molecule has 0 unspecified atom stereocenters. The Kier molecular flexibility index (Phi) is 2.81. The summed E-state index contributed by atoms with van der Waals surface area (Å²) in [7, 11) is 6.28. The lowest BCUT2D eigenvalue weighted by molar-refractivity contribution is 0.402. The Balaban J connectivity index is 2.19. The summed E-state index contributed by atoms with van der Waals surface area (Å²) >= 11 is 0. The molecule has 0 saturated heterocycles. The summed E-state index contributed by atoms with van der Waals surface area (Å²) in [6, 6.07) is 8.95. The molecular formula is C13H20N2. The first-order chi connectivity index (χ1) is 7.16. The van der Waals surface area contributed by atoms with Gasteiger partial charge in [-0.15, -0.1) is 0 Å². The van der Waals surface area contributed by atoms with Gasteiger partial charge in [0, 0.05) is 12.1 Å². The van der Waals surface area contributed by atoms with Crippen molar-refractivity contribution < 1.29 is 0 Å². The third-order valence-corrected chi connectivity index (χ3v) is 3.21. The molecule has 1 aromatic rings. The summed E-state index contributed by atoms with van der Waals surface area (Å²) in [6.45, 7) is 1.02. The fourth-order valence-electron chi connectivity index (χ4n) is 2.14. The highest BCUT2D eigenvalue weighted by molar-refractivity contribution is 5.33. The van der Waals surface area contributed by atoms with E-state index in [-0.39, 0.29) is 0 Å². The summed E-state index contributed by atoms with van der Waals surface area (Å²) in [6.07, 6.45) is 2.55. The van der Waals surface area contributed by atoms with E-state index in [0.29, 0.717) is 5.54 Å². The average molecular weight is 204 g/mol. The molecular weight excluding hydrogens is 184 g/mol. The van der Waals surface area contributed by atoms with Crippen LogP contribution in [-0.2, 0) is 12.1 Å². The maximum atomic E-state index is 3.44. The van der Waals surface area contributed by atoms with Crippen LogP contribution in [0.4, 0.5) is 0 Å². The molecule has 15 heavy (non-hydrogen) atoms. The summed E-state index contributed by atoms with van der Waals surface area (Å²) in [5.74, 6) is 0. The number of benzene rings is 1. The number of hydrogen-bond donors (Lipinski definition) is 1. The van der Waals surface area contributed by atoms with E-state index in [9.17, 15) is 0 Å². The van der Waals surface area contributed by atoms with Gasteiger partial charge in [0.1, 0.15) is 0 Å². The molecule has 82 valence electrons. The van der Waals surface area contributed by atoms with Crippen LogP contribution in [0, 0.1) is 0 Å². The first-order valence-corrected chi connectivity index (χ1v) is 5.59. The van der Waals surface area contributed by atoms with E-state index < -0.39 is 0 Å². The van der Waals surface area contributed by atoms with Gasteiger partial charge in [0.25, 0.3) is 0 Å². The molecule has 0 aromatic heterocycles. The molecule has 2 nitrogen and oxygen atoms in total. The molecule has 0 radical (unpaired) electrons. The van der Waals surface area contributed by atoms with Gasteiger partial charge >= 0.3 is 0 Å². The second-order valence-electron chi connectivity index (χ2n) is 4.77. The first kappa shape index (κ1) is 10.7. The van der Waals surface area contributed by atoms with Crippen molar-refractivity contribution in [1.29, 1.82) is 0 Å². The second-order valence-corrected chi connectivity index (χ2v) is 4.77. The van der Waals surface area contributed by atoms with Crippen LogP contribution >= 0.6 is 0 Å². The second kappa shape index (κ2) is 3.95. The van der Waals surface area contributed by atoms with Crippen molar-refractivity contribution in [2.45, 2.75) is 24.9 Å². The van der Waals surface area contributed by atoms with Crippen molar-refractivity contribution in [3.05, 3.63) is 35.4 Å². The molecule has 1 fully saturated rings. The zero-order valence-corrected chi connectivity index (χ0v) is 9.88. The van der Waals surface area contributed by atoms with Crippen LogP contribution in [0.25, 0.3) is 0 Å². The SMILES string of the molecule is CNC1(c2cccc(CN(C)C)c2)CC1. The van der Waals surface area contributed by atoms with Crippen LogP contribution in [0.5, 0.6) is 0 Å². The zero-order chi connectivity index (χ0) is 10.9. The zero-order valence-electron chi connectivity index (χ0n) is 9.88. The monoisotopic (exact) mass is 204 g/mol. The minimum absolute atomic E-state index is 0.294. The maximum absolute atomic E-state index is 3.44. The van der Waals surface area contributed by atoms with Crippen LogP contribution in [0.1, 0.15) is 24.0 Å². The topological polar surface area (TPSA) is 15.3 Å². The fourth-order valence-corrected chi connectivity index (χ4v) is 2.14. The summed E-state index contributed by atoms with van der Waals surface area (Å²) < 4.78 is 0. The molecule has 1 N–H and O–H groups in total.